The fourth-order valence-electron chi connectivity index (χ4n) is 6.80. The van der Waals surface area contributed by atoms with Crippen molar-refractivity contribution in [1.29, 1.82) is 0 Å². The van der Waals surface area contributed by atoms with Gasteiger partial charge in [-0.1, -0.05) is 0 Å². The third kappa shape index (κ3) is 4.50. The standard InChI is InChI=1S/C24H40FN3O3/c1-15-13-27(23(29)18-6-5-17-9-10-26(3)22(17)11-18)14-16(2)28(15)24(30)20-8-7-19(31-4)12-21(20)25/h15-22H,5-14H2,1-4H3/t15-,16-,17?,18?,19?,20?,21?,22?/m1/s1. The average Bonchev–Trinajstić information content (AvgIpc) is 3.12. The summed E-state index contributed by atoms with van der Waals surface area (Å²) in [5, 5.41) is 0. The van der Waals surface area contributed by atoms with Crippen LogP contribution in [0.3, 0.4) is 0 Å². The van der Waals surface area contributed by atoms with Gasteiger partial charge >= 0.3 is 0 Å². The van der Waals surface area contributed by atoms with Gasteiger partial charge in [-0.2, -0.15) is 0 Å². The zero-order chi connectivity index (χ0) is 22.3. The van der Waals surface area contributed by atoms with E-state index in [4.69, 9.17) is 4.74 Å². The number of alkyl halides is 1. The van der Waals surface area contributed by atoms with Gasteiger partial charge in [-0.3, -0.25) is 9.59 Å². The number of amides is 2. The van der Waals surface area contributed by atoms with Crippen LogP contribution >= 0.6 is 0 Å². The molecule has 0 spiro atoms. The number of methoxy groups -OCH3 is 1. The fraction of sp³-hybridized carbons (Fsp3) is 0.917. The molecule has 0 aromatic heterocycles. The second kappa shape index (κ2) is 9.34. The van der Waals surface area contributed by atoms with Crippen LogP contribution in [0.5, 0.6) is 0 Å². The average molecular weight is 438 g/mol. The molecule has 6 unspecified atom stereocenters. The number of rotatable bonds is 3. The minimum absolute atomic E-state index is 0.0813. The molecule has 2 amide bonds. The second-order valence-electron chi connectivity index (χ2n) is 10.6. The monoisotopic (exact) mass is 437 g/mol. The maximum absolute atomic E-state index is 14.7. The quantitative estimate of drug-likeness (QED) is 0.681. The first-order chi connectivity index (χ1) is 14.8. The number of hydrogen-bond donors (Lipinski definition) is 0. The SMILES string of the molecule is COC1CCC(C(=O)N2[C@H](C)CN(C(=O)C3CCC4CCN(C)C4C3)C[C@H]2C)C(F)C1. The molecule has 2 aliphatic carbocycles. The van der Waals surface area contributed by atoms with E-state index in [1.54, 1.807) is 7.11 Å². The summed E-state index contributed by atoms with van der Waals surface area (Å²) in [5.41, 5.74) is 0. The van der Waals surface area contributed by atoms with E-state index in [9.17, 15) is 14.0 Å². The van der Waals surface area contributed by atoms with Crippen LogP contribution in [0.2, 0.25) is 0 Å². The fourth-order valence-corrected chi connectivity index (χ4v) is 6.80. The molecular formula is C24H40FN3O3. The highest BCUT2D eigenvalue weighted by molar-refractivity contribution is 5.82. The first-order valence-electron chi connectivity index (χ1n) is 12.3. The van der Waals surface area contributed by atoms with Gasteiger partial charge in [0.2, 0.25) is 11.8 Å². The molecule has 2 saturated heterocycles. The van der Waals surface area contributed by atoms with E-state index >= 15 is 0 Å². The number of likely N-dealkylation sites (tertiary alicyclic amines) is 1. The zero-order valence-corrected chi connectivity index (χ0v) is 19.6. The van der Waals surface area contributed by atoms with Gasteiger partial charge in [0.05, 0.1) is 12.0 Å². The topological polar surface area (TPSA) is 53.1 Å². The summed E-state index contributed by atoms with van der Waals surface area (Å²) in [6.07, 6.45) is 4.70. The molecule has 4 aliphatic rings. The predicted octanol–water partition coefficient (Wildman–Crippen LogP) is 2.71. The minimum atomic E-state index is -1.15. The van der Waals surface area contributed by atoms with Crippen molar-refractivity contribution in [2.24, 2.45) is 17.8 Å². The maximum atomic E-state index is 14.7. The molecule has 4 fully saturated rings. The molecular weight excluding hydrogens is 397 g/mol. The molecule has 7 heteroatoms. The first kappa shape index (κ1) is 23.0. The number of carbonyl (C=O) groups is 2. The molecule has 6 nitrogen and oxygen atoms in total. The van der Waals surface area contributed by atoms with Crippen molar-refractivity contribution in [3.8, 4) is 0 Å². The van der Waals surface area contributed by atoms with Crippen molar-refractivity contribution in [2.75, 3.05) is 33.8 Å². The van der Waals surface area contributed by atoms with Gasteiger partial charge in [-0.05, 0) is 71.9 Å². The van der Waals surface area contributed by atoms with Crippen molar-refractivity contribution < 1.29 is 18.7 Å². The largest absolute Gasteiger partial charge is 0.381 e. The molecule has 2 aliphatic heterocycles. The molecule has 8 atom stereocenters. The molecule has 0 radical (unpaired) electrons. The van der Waals surface area contributed by atoms with Crippen LogP contribution in [-0.2, 0) is 14.3 Å². The summed E-state index contributed by atoms with van der Waals surface area (Å²) in [7, 11) is 3.79. The number of hydrogen-bond acceptors (Lipinski definition) is 4. The highest BCUT2D eigenvalue weighted by Crippen LogP contribution is 2.39. The lowest BCUT2D eigenvalue weighted by Gasteiger charge is -2.47. The van der Waals surface area contributed by atoms with Crippen LogP contribution in [0, 0.1) is 17.8 Å². The molecule has 0 N–H and O–H groups in total. The van der Waals surface area contributed by atoms with Gasteiger partial charge in [-0.25, -0.2) is 4.39 Å². The number of fused-ring (bicyclic) bond motifs is 1. The summed E-state index contributed by atoms with van der Waals surface area (Å²) in [6, 6.07) is 0.375. The number of ether oxygens (including phenoxy) is 1. The van der Waals surface area contributed by atoms with Crippen LogP contribution in [-0.4, -0.2) is 90.7 Å². The van der Waals surface area contributed by atoms with Crippen LogP contribution in [0.25, 0.3) is 0 Å². The van der Waals surface area contributed by atoms with E-state index in [0.717, 1.165) is 38.1 Å². The number of piperazine rings is 1. The van der Waals surface area contributed by atoms with Crippen molar-refractivity contribution in [3.63, 3.8) is 0 Å². The van der Waals surface area contributed by atoms with Crippen LogP contribution < -0.4 is 0 Å². The van der Waals surface area contributed by atoms with E-state index < -0.39 is 12.1 Å². The lowest BCUT2D eigenvalue weighted by atomic mass is 9.78. The Hall–Kier alpha value is -1.21. The van der Waals surface area contributed by atoms with Gasteiger partial charge in [0.25, 0.3) is 0 Å². The predicted molar refractivity (Wildman–Crippen MR) is 117 cm³/mol. The van der Waals surface area contributed by atoms with E-state index in [1.807, 2.05) is 23.6 Å². The second-order valence-corrected chi connectivity index (χ2v) is 10.6. The smallest absolute Gasteiger partial charge is 0.229 e. The molecule has 0 aromatic carbocycles. The zero-order valence-electron chi connectivity index (χ0n) is 19.6. The van der Waals surface area contributed by atoms with Crippen LogP contribution in [0.15, 0.2) is 0 Å². The maximum Gasteiger partial charge on any atom is 0.229 e. The van der Waals surface area contributed by atoms with Crippen molar-refractivity contribution >= 4 is 11.8 Å². The third-order valence-corrected chi connectivity index (χ3v) is 8.58. The Kier molecular flexibility index (Phi) is 6.92. The van der Waals surface area contributed by atoms with Crippen molar-refractivity contribution in [1.82, 2.24) is 14.7 Å². The van der Waals surface area contributed by atoms with Gasteiger partial charge in [0, 0.05) is 50.7 Å². The van der Waals surface area contributed by atoms with E-state index in [-0.39, 0.29) is 35.9 Å². The van der Waals surface area contributed by atoms with Gasteiger partial charge < -0.3 is 19.4 Å². The summed E-state index contributed by atoms with van der Waals surface area (Å²) in [6.45, 7) is 6.26. The molecule has 2 saturated carbocycles. The van der Waals surface area contributed by atoms with E-state index in [2.05, 4.69) is 11.9 Å². The van der Waals surface area contributed by atoms with Crippen molar-refractivity contribution in [3.05, 3.63) is 0 Å². The Balaban J connectivity index is 1.36. The van der Waals surface area contributed by atoms with Crippen LogP contribution in [0.1, 0.15) is 58.8 Å². The van der Waals surface area contributed by atoms with Gasteiger partial charge in [-0.15, -0.1) is 0 Å². The van der Waals surface area contributed by atoms with E-state index in [0.29, 0.717) is 32.0 Å². The Morgan fingerprint density at radius 3 is 2.29 bits per heavy atom. The third-order valence-electron chi connectivity index (χ3n) is 8.58. The lowest BCUT2D eigenvalue weighted by molar-refractivity contribution is -0.154. The van der Waals surface area contributed by atoms with Crippen LogP contribution in [0.4, 0.5) is 4.39 Å². The summed E-state index contributed by atoms with van der Waals surface area (Å²) in [4.78, 5) is 32.9. The highest BCUT2D eigenvalue weighted by atomic mass is 19.1. The van der Waals surface area contributed by atoms with Gasteiger partial charge in [0.15, 0.2) is 0 Å². The van der Waals surface area contributed by atoms with Crippen molar-refractivity contribution in [2.45, 2.75) is 89.2 Å². The summed E-state index contributed by atoms with van der Waals surface area (Å²) >= 11 is 0. The lowest BCUT2D eigenvalue weighted by Crippen LogP contribution is -2.62. The Morgan fingerprint density at radius 2 is 1.65 bits per heavy atom. The molecule has 4 rings (SSSR count). The Bertz CT molecular complexity index is 664. The molecule has 2 heterocycles. The molecule has 176 valence electrons. The normalized spacial score (nSPS) is 41.8. The minimum Gasteiger partial charge on any atom is -0.381 e. The number of nitrogens with zero attached hydrogens (tertiary/aromatic N) is 3. The highest BCUT2D eigenvalue weighted by Gasteiger charge is 2.45. The van der Waals surface area contributed by atoms with Gasteiger partial charge in [0.1, 0.15) is 6.17 Å². The number of carbonyl (C=O) groups excluding carboxylic acids is 2. The Labute approximate surface area is 186 Å². The Morgan fingerprint density at radius 1 is 0.935 bits per heavy atom. The molecule has 0 bridgehead atoms. The summed E-state index contributed by atoms with van der Waals surface area (Å²) in [5.74, 6) is 0.453. The number of halogens is 1. The summed E-state index contributed by atoms with van der Waals surface area (Å²) < 4.78 is 20.0. The molecule has 0 aromatic rings. The first-order valence-corrected chi connectivity index (χ1v) is 12.3. The van der Waals surface area contributed by atoms with E-state index in [1.165, 1.54) is 6.42 Å². The molecule has 31 heavy (non-hydrogen) atoms.